The van der Waals surface area contributed by atoms with Crippen LogP contribution >= 0.6 is 0 Å². The molecule has 9 aromatic rings. The molecule has 0 atom stereocenters. The second kappa shape index (κ2) is 12.2. The molecule has 2 heterocycles. The van der Waals surface area contributed by atoms with Crippen molar-refractivity contribution in [2.75, 3.05) is 0 Å². The SMILES string of the molecule is c1ccc(-c2ccc(-c3cc(-c4ccccc4)cc(-c4nc(-c5ccccc5)nc(-c5ccc6c(c5)oc5ccccc56)n4)c3)cc2)cc1. The molecule has 0 amide bonds. The summed E-state index contributed by atoms with van der Waals surface area (Å²) < 4.78 is 6.24. The monoisotopic (exact) mass is 627 g/mol. The van der Waals surface area contributed by atoms with E-state index in [9.17, 15) is 0 Å². The molecule has 0 spiro atoms. The Balaban J connectivity index is 1.21. The molecular weight excluding hydrogens is 599 g/mol. The van der Waals surface area contributed by atoms with Crippen LogP contribution in [-0.4, -0.2) is 15.0 Å². The Bertz CT molecular complexity index is 2580. The zero-order valence-electron chi connectivity index (χ0n) is 26.5. The van der Waals surface area contributed by atoms with E-state index in [2.05, 4.69) is 109 Å². The second-order valence-corrected chi connectivity index (χ2v) is 12.1. The molecule has 0 bridgehead atoms. The summed E-state index contributed by atoms with van der Waals surface area (Å²) >= 11 is 0. The molecule has 0 aliphatic carbocycles. The van der Waals surface area contributed by atoms with Gasteiger partial charge in [-0.05, 0) is 69.8 Å². The molecule has 2 aromatic heterocycles. The lowest BCUT2D eigenvalue weighted by molar-refractivity contribution is 0.669. The summed E-state index contributed by atoms with van der Waals surface area (Å²) in [6, 6.07) is 60.6. The van der Waals surface area contributed by atoms with Crippen molar-refractivity contribution in [2.45, 2.75) is 0 Å². The largest absolute Gasteiger partial charge is 0.456 e. The Labute approximate surface area is 284 Å². The third-order valence-electron chi connectivity index (χ3n) is 8.93. The molecule has 0 saturated heterocycles. The molecular formula is C45H29N3O. The van der Waals surface area contributed by atoms with Crippen LogP contribution in [0.3, 0.4) is 0 Å². The summed E-state index contributed by atoms with van der Waals surface area (Å²) in [4.78, 5) is 15.2. The van der Waals surface area contributed by atoms with Crippen LogP contribution in [0.2, 0.25) is 0 Å². The summed E-state index contributed by atoms with van der Waals surface area (Å²) in [5.74, 6) is 1.81. The first-order valence-corrected chi connectivity index (χ1v) is 16.4. The summed E-state index contributed by atoms with van der Waals surface area (Å²) in [6.45, 7) is 0. The summed E-state index contributed by atoms with van der Waals surface area (Å²) in [6.07, 6.45) is 0. The molecule has 9 rings (SSSR count). The van der Waals surface area contributed by atoms with Crippen LogP contribution in [0.4, 0.5) is 0 Å². The number of para-hydroxylation sites is 1. The normalized spacial score (nSPS) is 11.3. The number of fused-ring (bicyclic) bond motifs is 3. The van der Waals surface area contributed by atoms with Gasteiger partial charge in [0.1, 0.15) is 11.2 Å². The minimum Gasteiger partial charge on any atom is -0.456 e. The Morgan fingerprint density at radius 2 is 0.673 bits per heavy atom. The molecule has 230 valence electrons. The number of hydrogen-bond acceptors (Lipinski definition) is 4. The van der Waals surface area contributed by atoms with Crippen molar-refractivity contribution in [3.63, 3.8) is 0 Å². The lowest BCUT2D eigenvalue weighted by Gasteiger charge is -2.13. The van der Waals surface area contributed by atoms with Crippen molar-refractivity contribution >= 4 is 21.9 Å². The van der Waals surface area contributed by atoms with Crippen molar-refractivity contribution in [3.05, 3.63) is 176 Å². The highest BCUT2D eigenvalue weighted by Crippen LogP contribution is 2.35. The predicted molar refractivity (Wildman–Crippen MR) is 200 cm³/mol. The van der Waals surface area contributed by atoms with Gasteiger partial charge in [0.15, 0.2) is 17.5 Å². The number of nitrogens with zero attached hydrogens (tertiary/aromatic N) is 3. The molecule has 7 aromatic carbocycles. The van der Waals surface area contributed by atoms with E-state index in [1.807, 2.05) is 66.7 Å². The van der Waals surface area contributed by atoms with Crippen molar-refractivity contribution in [3.8, 4) is 67.5 Å². The summed E-state index contributed by atoms with van der Waals surface area (Å²) in [7, 11) is 0. The summed E-state index contributed by atoms with van der Waals surface area (Å²) in [5, 5.41) is 2.16. The molecule has 0 saturated carbocycles. The second-order valence-electron chi connectivity index (χ2n) is 12.1. The maximum absolute atomic E-state index is 6.24. The standard InChI is InChI=1S/C45H29N3O/c1-4-12-30(13-5-1)32-20-22-33(23-21-32)37-26-36(31-14-6-2-7-15-31)27-38(28-37)45-47-43(34-16-8-3-9-17-34)46-44(48-45)35-24-25-40-39-18-10-11-19-41(39)49-42(40)29-35/h1-29H. The molecule has 49 heavy (non-hydrogen) atoms. The fraction of sp³-hybridized carbons (Fsp3) is 0. The fourth-order valence-corrected chi connectivity index (χ4v) is 6.42. The van der Waals surface area contributed by atoms with Crippen molar-refractivity contribution in [1.82, 2.24) is 15.0 Å². The lowest BCUT2D eigenvalue weighted by atomic mass is 9.94. The Morgan fingerprint density at radius 3 is 1.31 bits per heavy atom. The van der Waals surface area contributed by atoms with Gasteiger partial charge in [-0.15, -0.1) is 0 Å². The van der Waals surface area contributed by atoms with Crippen molar-refractivity contribution < 1.29 is 4.42 Å². The maximum Gasteiger partial charge on any atom is 0.164 e. The average molecular weight is 628 g/mol. The van der Waals surface area contributed by atoms with E-state index in [1.165, 1.54) is 11.1 Å². The van der Waals surface area contributed by atoms with E-state index >= 15 is 0 Å². The third-order valence-corrected chi connectivity index (χ3v) is 8.93. The zero-order valence-corrected chi connectivity index (χ0v) is 26.5. The van der Waals surface area contributed by atoms with Gasteiger partial charge in [-0.1, -0.05) is 140 Å². The van der Waals surface area contributed by atoms with Crippen LogP contribution in [0.25, 0.3) is 89.5 Å². The van der Waals surface area contributed by atoms with E-state index in [0.29, 0.717) is 17.5 Å². The number of benzene rings is 7. The Morgan fingerprint density at radius 1 is 0.265 bits per heavy atom. The van der Waals surface area contributed by atoms with E-state index < -0.39 is 0 Å². The van der Waals surface area contributed by atoms with Crippen LogP contribution < -0.4 is 0 Å². The van der Waals surface area contributed by atoms with Gasteiger partial charge in [-0.25, -0.2) is 15.0 Å². The minimum absolute atomic E-state index is 0.588. The first-order chi connectivity index (χ1) is 24.2. The van der Waals surface area contributed by atoms with Gasteiger partial charge in [0, 0.05) is 27.5 Å². The highest BCUT2D eigenvalue weighted by atomic mass is 16.3. The third kappa shape index (κ3) is 5.56. The molecule has 0 N–H and O–H groups in total. The van der Waals surface area contributed by atoms with Gasteiger partial charge in [0.05, 0.1) is 0 Å². The first-order valence-electron chi connectivity index (χ1n) is 16.4. The van der Waals surface area contributed by atoms with Gasteiger partial charge in [0.25, 0.3) is 0 Å². The highest BCUT2D eigenvalue weighted by Gasteiger charge is 2.16. The number of rotatable bonds is 6. The van der Waals surface area contributed by atoms with Gasteiger partial charge >= 0.3 is 0 Å². The van der Waals surface area contributed by atoms with Crippen LogP contribution in [0.15, 0.2) is 180 Å². The van der Waals surface area contributed by atoms with Crippen molar-refractivity contribution in [1.29, 1.82) is 0 Å². The van der Waals surface area contributed by atoms with E-state index in [-0.39, 0.29) is 0 Å². The molecule has 4 nitrogen and oxygen atoms in total. The van der Waals surface area contributed by atoms with Gasteiger partial charge in [0.2, 0.25) is 0 Å². The smallest absolute Gasteiger partial charge is 0.164 e. The molecule has 4 heteroatoms. The topological polar surface area (TPSA) is 51.8 Å². The van der Waals surface area contributed by atoms with Crippen LogP contribution in [-0.2, 0) is 0 Å². The van der Waals surface area contributed by atoms with E-state index in [1.54, 1.807) is 0 Å². The minimum atomic E-state index is 0.588. The van der Waals surface area contributed by atoms with Gasteiger partial charge < -0.3 is 4.42 Å². The Hall–Kier alpha value is -6.65. The number of furan rings is 1. The fourth-order valence-electron chi connectivity index (χ4n) is 6.42. The average Bonchev–Trinajstić information content (AvgIpc) is 3.57. The molecule has 0 fully saturated rings. The predicted octanol–water partition coefficient (Wildman–Crippen LogP) is 11.8. The zero-order chi connectivity index (χ0) is 32.6. The highest BCUT2D eigenvalue weighted by molar-refractivity contribution is 6.05. The lowest BCUT2D eigenvalue weighted by Crippen LogP contribution is -2.00. The van der Waals surface area contributed by atoms with Crippen molar-refractivity contribution in [2.24, 2.45) is 0 Å². The molecule has 0 unspecified atom stereocenters. The number of hydrogen-bond donors (Lipinski definition) is 0. The molecule has 0 aliphatic heterocycles. The number of aromatic nitrogens is 3. The first kappa shape index (κ1) is 28.6. The van der Waals surface area contributed by atoms with Gasteiger partial charge in [-0.3, -0.25) is 0 Å². The van der Waals surface area contributed by atoms with Crippen LogP contribution in [0.5, 0.6) is 0 Å². The quantitative estimate of drug-likeness (QED) is 0.184. The van der Waals surface area contributed by atoms with Crippen LogP contribution in [0, 0.1) is 0 Å². The van der Waals surface area contributed by atoms with E-state index in [4.69, 9.17) is 19.4 Å². The van der Waals surface area contributed by atoms with Gasteiger partial charge in [-0.2, -0.15) is 0 Å². The Kier molecular flexibility index (Phi) is 7.10. The molecule has 0 aliphatic rings. The van der Waals surface area contributed by atoms with Crippen LogP contribution in [0.1, 0.15) is 0 Å². The maximum atomic E-state index is 6.24. The van der Waals surface area contributed by atoms with E-state index in [0.717, 1.165) is 60.9 Å². The molecule has 0 radical (unpaired) electrons. The summed E-state index contributed by atoms with van der Waals surface area (Å²) in [5.41, 5.74) is 11.2.